The molecule has 1 aromatic heterocycles. The summed E-state index contributed by atoms with van der Waals surface area (Å²) in [5.74, 6) is -0.256. The van der Waals surface area contributed by atoms with Crippen molar-refractivity contribution in [3.63, 3.8) is 0 Å². The molecule has 7 heteroatoms. The highest BCUT2D eigenvalue weighted by Crippen LogP contribution is 2.14. The molecule has 1 aromatic carbocycles. The van der Waals surface area contributed by atoms with Gasteiger partial charge in [-0.25, -0.2) is 4.68 Å². The van der Waals surface area contributed by atoms with Crippen molar-refractivity contribution in [1.29, 1.82) is 0 Å². The Hall–Kier alpha value is -1.92. The van der Waals surface area contributed by atoms with Gasteiger partial charge in [0, 0.05) is 18.5 Å². The molecule has 0 aliphatic heterocycles. The number of nitrogens with one attached hydrogen (secondary N) is 2. The normalized spacial score (nSPS) is 10.7. The van der Waals surface area contributed by atoms with E-state index in [1.54, 1.807) is 18.2 Å². The van der Waals surface area contributed by atoms with Crippen LogP contribution in [0, 0.1) is 0 Å². The van der Waals surface area contributed by atoms with Gasteiger partial charge >= 0.3 is 0 Å². The smallest absolute Gasteiger partial charge is 0.274 e. The van der Waals surface area contributed by atoms with Crippen LogP contribution in [0.25, 0.3) is 10.8 Å². The fourth-order valence-corrected chi connectivity index (χ4v) is 2.37. The van der Waals surface area contributed by atoms with Crippen LogP contribution in [-0.4, -0.2) is 35.3 Å². The molecule has 2 N–H and O–H groups in total. The van der Waals surface area contributed by atoms with Crippen molar-refractivity contribution in [3.05, 3.63) is 40.3 Å². The highest BCUT2D eigenvalue weighted by Gasteiger charge is 2.17. The molecule has 0 saturated heterocycles. The minimum atomic E-state index is -0.256. The number of halogens is 1. The van der Waals surface area contributed by atoms with Gasteiger partial charge in [-0.1, -0.05) is 25.1 Å². The molecule has 2 aromatic rings. The SMILES string of the molecule is CCCNCCNC(=O)c1nn(C(C)C)c(=O)c2ccccc12.Cl. The summed E-state index contributed by atoms with van der Waals surface area (Å²) < 4.78 is 1.37. The number of nitrogens with zero attached hydrogens (tertiary/aromatic N) is 2. The first-order valence-corrected chi connectivity index (χ1v) is 8.06. The minimum absolute atomic E-state index is 0. The lowest BCUT2D eigenvalue weighted by Crippen LogP contribution is -2.35. The van der Waals surface area contributed by atoms with Crippen LogP contribution in [-0.2, 0) is 0 Å². The number of hydrogen-bond donors (Lipinski definition) is 2. The summed E-state index contributed by atoms with van der Waals surface area (Å²) in [6, 6.07) is 6.99. The first-order chi connectivity index (χ1) is 11.1. The molecule has 6 nitrogen and oxygen atoms in total. The molecule has 0 atom stereocenters. The number of carbonyl (C=O) groups excluding carboxylic acids is 1. The largest absolute Gasteiger partial charge is 0.349 e. The van der Waals surface area contributed by atoms with Crippen molar-refractivity contribution < 1.29 is 4.79 Å². The molecular formula is C17H25ClN4O2. The third kappa shape index (κ3) is 4.55. The monoisotopic (exact) mass is 352 g/mol. The van der Waals surface area contributed by atoms with E-state index in [0.717, 1.165) is 13.0 Å². The van der Waals surface area contributed by atoms with E-state index in [4.69, 9.17) is 0 Å². The zero-order chi connectivity index (χ0) is 16.8. The minimum Gasteiger partial charge on any atom is -0.349 e. The van der Waals surface area contributed by atoms with E-state index < -0.39 is 0 Å². The Kier molecular flexibility index (Phi) is 7.88. The number of benzene rings is 1. The average molecular weight is 353 g/mol. The third-order valence-corrected chi connectivity index (χ3v) is 3.55. The summed E-state index contributed by atoms with van der Waals surface area (Å²) in [7, 11) is 0. The molecular weight excluding hydrogens is 328 g/mol. The van der Waals surface area contributed by atoms with Crippen molar-refractivity contribution in [2.24, 2.45) is 0 Å². The number of rotatable bonds is 7. The molecule has 1 heterocycles. The molecule has 2 rings (SSSR count). The van der Waals surface area contributed by atoms with E-state index in [1.807, 2.05) is 19.9 Å². The summed E-state index contributed by atoms with van der Waals surface area (Å²) in [6.07, 6.45) is 1.06. The van der Waals surface area contributed by atoms with Crippen LogP contribution in [0.1, 0.15) is 43.7 Å². The maximum Gasteiger partial charge on any atom is 0.274 e. The van der Waals surface area contributed by atoms with E-state index in [0.29, 0.717) is 29.6 Å². The van der Waals surface area contributed by atoms with Gasteiger partial charge in [0.05, 0.1) is 11.4 Å². The summed E-state index contributed by atoms with van der Waals surface area (Å²) in [4.78, 5) is 24.9. The average Bonchev–Trinajstić information content (AvgIpc) is 2.54. The molecule has 132 valence electrons. The number of aromatic nitrogens is 2. The molecule has 0 saturated carbocycles. The summed E-state index contributed by atoms with van der Waals surface area (Å²) in [5.41, 5.74) is 0.126. The van der Waals surface area contributed by atoms with Crippen LogP contribution in [0.4, 0.5) is 0 Å². The predicted molar refractivity (Wildman–Crippen MR) is 99.1 cm³/mol. The maximum absolute atomic E-state index is 12.5. The van der Waals surface area contributed by atoms with E-state index in [1.165, 1.54) is 4.68 Å². The van der Waals surface area contributed by atoms with Gasteiger partial charge in [-0.15, -0.1) is 12.4 Å². The fourth-order valence-electron chi connectivity index (χ4n) is 2.37. The summed E-state index contributed by atoms with van der Waals surface area (Å²) in [5, 5.41) is 11.5. The summed E-state index contributed by atoms with van der Waals surface area (Å²) >= 11 is 0. The Morgan fingerprint density at radius 1 is 1.17 bits per heavy atom. The first kappa shape index (κ1) is 20.1. The highest BCUT2D eigenvalue weighted by atomic mass is 35.5. The van der Waals surface area contributed by atoms with Crippen molar-refractivity contribution in [2.75, 3.05) is 19.6 Å². The van der Waals surface area contributed by atoms with Crippen molar-refractivity contribution >= 4 is 29.1 Å². The Bertz CT molecular complexity index is 743. The van der Waals surface area contributed by atoms with E-state index in [2.05, 4.69) is 22.7 Å². The zero-order valence-electron chi connectivity index (χ0n) is 14.3. The van der Waals surface area contributed by atoms with Crippen LogP contribution < -0.4 is 16.2 Å². The highest BCUT2D eigenvalue weighted by molar-refractivity contribution is 6.04. The van der Waals surface area contributed by atoms with Crippen LogP contribution in [0.2, 0.25) is 0 Å². The van der Waals surface area contributed by atoms with Gasteiger partial charge in [0.25, 0.3) is 11.5 Å². The lowest BCUT2D eigenvalue weighted by Gasteiger charge is -2.13. The van der Waals surface area contributed by atoms with Gasteiger partial charge in [-0.3, -0.25) is 9.59 Å². The second-order valence-electron chi connectivity index (χ2n) is 5.74. The standard InChI is InChI=1S/C17H24N4O2.ClH/c1-4-9-18-10-11-19-16(22)15-13-7-5-6-8-14(13)17(23)21(20-15)12(2)3;/h5-8,12,18H,4,9-11H2,1-3H3,(H,19,22);1H. The molecule has 0 unspecified atom stereocenters. The van der Waals surface area contributed by atoms with Crippen LogP contribution in [0.15, 0.2) is 29.1 Å². The zero-order valence-corrected chi connectivity index (χ0v) is 15.2. The Labute approximate surface area is 148 Å². The van der Waals surface area contributed by atoms with Crippen molar-refractivity contribution in [1.82, 2.24) is 20.4 Å². The molecule has 0 bridgehead atoms. The molecule has 0 aliphatic rings. The van der Waals surface area contributed by atoms with Gasteiger partial charge in [-0.05, 0) is 32.9 Å². The number of fused-ring (bicyclic) bond motifs is 1. The maximum atomic E-state index is 12.5. The number of hydrogen-bond acceptors (Lipinski definition) is 4. The second kappa shape index (κ2) is 9.39. The lowest BCUT2D eigenvalue weighted by atomic mass is 10.1. The molecule has 1 amide bonds. The lowest BCUT2D eigenvalue weighted by molar-refractivity contribution is 0.0948. The molecule has 0 fully saturated rings. The predicted octanol–water partition coefficient (Wildman–Crippen LogP) is 2.13. The van der Waals surface area contributed by atoms with E-state index >= 15 is 0 Å². The van der Waals surface area contributed by atoms with Crippen LogP contribution in [0.3, 0.4) is 0 Å². The Balaban J connectivity index is 0.00000288. The van der Waals surface area contributed by atoms with Gasteiger partial charge in [0.15, 0.2) is 5.69 Å². The molecule has 0 radical (unpaired) electrons. The molecule has 24 heavy (non-hydrogen) atoms. The Morgan fingerprint density at radius 2 is 1.83 bits per heavy atom. The van der Waals surface area contributed by atoms with Crippen LogP contribution >= 0.6 is 12.4 Å². The van der Waals surface area contributed by atoms with E-state index in [-0.39, 0.29) is 29.9 Å². The number of carbonyl (C=O) groups is 1. The van der Waals surface area contributed by atoms with Gasteiger partial charge in [0.1, 0.15) is 0 Å². The van der Waals surface area contributed by atoms with Gasteiger partial charge < -0.3 is 10.6 Å². The second-order valence-corrected chi connectivity index (χ2v) is 5.74. The van der Waals surface area contributed by atoms with Gasteiger partial charge in [0.2, 0.25) is 0 Å². The first-order valence-electron chi connectivity index (χ1n) is 8.06. The van der Waals surface area contributed by atoms with Crippen LogP contribution in [0.5, 0.6) is 0 Å². The summed E-state index contributed by atoms with van der Waals surface area (Å²) in [6.45, 7) is 8.00. The molecule has 0 spiro atoms. The van der Waals surface area contributed by atoms with Crippen molar-refractivity contribution in [2.45, 2.75) is 33.2 Å². The third-order valence-electron chi connectivity index (χ3n) is 3.55. The Morgan fingerprint density at radius 3 is 2.46 bits per heavy atom. The fraction of sp³-hybridized carbons (Fsp3) is 0.471. The topological polar surface area (TPSA) is 76.0 Å². The quantitative estimate of drug-likeness (QED) is 0.748. The van der Waals surface area contributed by atoms with E-state index in [9.17, 15) is 9.59 Å². The molecule has 0 aliphatic carbocycles. The van der Waals surface area contributed by atoms with Gasteiger partial charge in [-0.2, -0.15) is 5.10 Å². The van der Waals surface area contributed by atoms with Crippen molar-refractivity contribution in [3.8, 4) is 0 Å². The number of amides is 1.